The molecule has 0 aliphatic rings. The molecule has 1 aromatic rings. The third kappa shape index (κ3) is 4.54. The van der Waals surface area contributed by atoms with Gasteiger partial charge >= 0.3 is 0 Å². The molecule has 0 fully saturated rings. The zero-order valence-corrected chi connectivity index (χ0v) is 11.5. The first-order chi connectivity index (χ1) is 8.48. The van der Waals surface area contributed by atoms with Gasteiger partial charge in [0.15, 0.2) is 11.5 Å². The second kappa shape index (κ2) is 6.61. The lowest BCUT2D eigenvalue weighted by Crippen LogP contribution is -2.10. The van der Waals surface area contributed by atoms with Gasteiger partial charge in [-0.25, -0.2) is 8.42 Å². The molecule has 0 radical (unpaired) electrons. The normalized spacial score (nSPS) is 11.3. The lowest BCUT2D eigenvalue weighted by molar-refractivity contribution is 0.291. The highest BCUT2D eigenvalue weighted by molar-refractivity contribution is 7.90. The summed E-state index contributed by atoms with van der Waals surface area (Å²) >= 11 is 0. The van der Waals surface area contributed by atoms with E-state index in [0.29, 0.717) is 31.1 Å². The number of para-hydroxylation sites is 1. The number of ether oxygens (including phenoxy) is 2. The van der Waals surface area contributed by atoms with E-state index in [1.165, 1.54) is 6.26 Å². The van der Waals surface area contributed by atoms with Crippen molar-refractivity contribution in [1.29, 1.82) is 0 Å². The molecule has 0 aliphatic heterocycles. The van der Waals surface area contributed by atoms with Gasteiger partial charge in [0, 0.05) is 18.4 Å². The standard InChI is InChI=1S/C12H19NO4S/c1-16-11-6-3-5-10(9-13)12(11)17-7-4-8-18(2,14)15/h3,5-6H,4,7-9,13H2,1-2H3. The van der Waals surface area contributed by atoms with E-state index in [4.69, 9.17) is 15.2 Å². The Morgan fingerprint density at radius 3 is 2.61 bits per heavy atom. The van der Waals surface area contributed by atoms with Crippen LogP contribution in [-0.4, -0.2) is 34.1 Å². The monoisotopic (exact) mass is 273 g/mol. The zero-order valence-electron chi connectivity index (χ0n) is 10.7. The molecule has 0 heterocycles. The molecule has 18 heavy (non-hydrogen) atoms. The highest BCUT2D eigenvalue weighted by Crippen LogP contribution is 2.30. The number of methoxy groups -OCH3 is 1. The van der Waals surface area contributed by atoms with Crippen LogP contribution in [0.4, 0.5) is 0 Å². The average Bonchev–Trinajstić information content (AvgIpc) is 2.33. The summed E-state index contributed by atoms with van der Waals surface area (Å²) in [6.07, 6.45) is 1.66. The van der Waals surface area contributed by atoms with Crippen molar-refractivity contribution in [3.8, 4) is 11.5 Å². The van der Waals surface area contributed by atoms with E-state index >= 15 is 0 Å². The third-order valence-electron chi connectivity index (χ3n) is 2.41. The fraction of sp³-hybridized carbons (Fsp3) is 0.500. The van der Waals surface area contributed by atoms with Crippen molar-refractivity contribution >= 4 is 9.84 Å². The van der Waals surface area contributed by atoms with Gasteiger partial charge in [0.25, 0.3) is 0 Å². The van der Waals surface area contributed by atoms with E-state index < -0.39 is 9.84 Å². The molecular formula is C12H19NO4S. The lowest BCUT2D eigenvalue weighted by Gasteiger charge is -2.13. The molecule has 0 saturated heterocycles. The predicted molar refractivity (Wildman–Crippen MR) is 70.7 cm³/mol. The number of rotatable bonds is 7. The molecule has 6 heteroatoms. The minimum atomic E-state index is -2.95. The summed E-state index contributed by atoms with van der Waals surface area (Å²) in [6.45, 7) is 0.666. The van der Waals surface area contributed by atoms with Crippen LogP contribution in [0.15, 0.2) is 18.2 Å². The van der Waals surface area contributed by atoms with Gasteiger partial charge in [0.1, 0.15) is 9.84 Å². The fourth-order valence-electron chi connectivity index (χ4n) is 1.54. The number of benzene rings is 1. The summed E-state index contributed by atoms with van der Waals surface area (Å²) in [4.78, 5) is 0. The van der Waals surface area contributed by atoms with Crippen molar-refractivity contribution in [2.24, 2.45) is 5.73 Å². The Morgan fingerprint density at radius 2 is 2.06 bits per heavy atom. The molecule has 0 bridgehead atoms. The highest BCUT2D eigenvalue weighted by atomic mass is 32.2. The van der Waals surface area contributed by atoms with Crippen LogP contribution in [0.3, 0.4) is 0 Å². The SMILES string of the molecule is COc1cccc(CN)c1OCCCS(C)(=O)=O. The summed E-state index contributed by atoms with van der Waals surface area (Å²) in [5, 5.41) is 0. The van der Waals surface area contributed by atoms with Gasteiger partial charge in [-0.1, -0.05) is 12.1 Å². The Bertz CT molecular complexity index is 463. The Hall–Kier alpha value is -1.27. The van der Waals surface area contributed by atoms with Gasteiger partial charge < -0.3 is 15.2 Å². The van der Waals surface area contributed by atoms with Crippen molar-refractivity contribution < 1.29 is 17.9 Å². The predicted octanol–water partition coefficient (Wildman–Crippen LogP) is 0.967. The summed E-state index contributed by atoms with van der Waals surface area (Å²) in [7, 11) is -1.39. The molecule has 0 amide bonds. The maximum Gasteiger partial charge on any atom is 0.165 e. The summed E-state index contributed by atoms with van der Waals surface area (Å²) in [5.74, 6) is 1.31. The Labute approximate surface area is 108 Å². The van der Waals surface area contributed by atoms with E-state index in [1.54, 1.807) is 13.2 Å². The van der Waals surface area contributed by atoms with Gasteiger partial charge in [-0.05, 0) is 12.5 Å². The van der Waals surface area contributed by atoms with Gasteiger partial charge in [0.2, 0.25) is 0 Å². The number of nitrogens with two attached hydrogens (primary N) is 1. The van der Waals surface area contributed by atoms with Crippen LogP contribution in [-0.2, 0) is 16.4 Å². The topological polar surface area (TPSA) is 78.6 Å². The molecule has 1 rings (SSSR count). The smallest absolute Gasteiger partial charge is 0.165 e. The molecule has 0 spiro atoms. The fourth-order valence-corrected chi connectivity index (χ4v) is 2.18. The molecule has 0 unspecified atom stereocenters. The van der Waals surface area contributed by atoms with Crippen molar-refractivity contribution in [3.63, 3.8) is 0 Å². The molecule has 2 N–H and O–H groups in total. The van der Waals surface area contributed by atoms with E-state index in [1.807, 2.05) is 12.1 Å². The van der Waals surface area contributed by atoms with Crippen molar-refractivity contribution in [1.82, 2.24) is 0 Å². The minimum Gasteiger partial charge on any atom is -0.493 e. The Morgan fingerprint density at radius 1 is 1.33 bits per heavy atom. The minimum absolute atomic E-state index is 0.111. The highest BCUT2D eigenvalue weighted by Gasteiger charge is 2.10. The molecule has 5 nitrogen and oxygen atoms in total. The van der Waals surface area contributed by atoms with Crippen LogP contribution >= 0.6 is 0 Å². The molecular weight excluding hydrogens is 254 g/mol. The van der Waals surface area contributed by atoms with Crippen molar-refractivity contribution in [2.45, 2.75) is 13.0 Å². The van der Waals surface area contributed by atoms with Gasteiger partial charge in [-0.15, -0.1) is 0 Å². The quantitative estimate of drug-likeness (QED) is 0.749. The van der Waals surface area contributed by atoms with Crippen LogP contribution in [0.5, 0.6) is 11.5 Å². The molecule has 0 aromatic heterocycles. The molecule has 0 saturated carbocycles. The van der Waals surface area contributed by atoms with Crippen LogP contribution in [0.2, 0.25) is 0 Å². The van der Waals surface area contributed by atoms with Crippen molar-refractivity contribution in [2.75, 3.05) is 25.7 Å². The summed E-state index contributed by atoms with van der Waals surface area (Å²) < 4.78 is 32.7. The van der Waals surface area contributed by atoms with Crippen LogP contribution < -0.4 is 15.2 Å². The van der Waals surface area contributed by atoms with Gasteiger partial charge in [-0.2, -0.15) is 0 Å². The molecule has 0 aliphatic carbocycles. The number of sulfone groups is 1. The number of hydrogen-bond acceptors (Lipinski definition) is 5. The van der Waals surface area contributed by atoms with E-state index in [9.17, 15) is 8.42 Å². The first-order valence-electron chi connectivity index (χ1n) is 5.64. The Kier molecular flexibility index (Phi) is 5.43. The van der Waals surface area contributed by atoms with Gasteiger partial charge in [-0.3, -0.25) is 0 Å². The summed E-state index contributed by atoms with van der Waals surface area (Å²) in [6, 6.07) is 5.48. The summed E-state index contributed by atoms with van der Waals surface area (Å²) in [5.41, 5.74) is 6.46. The maximum absolute atomic E-state index is 11.0. The Balaban J connectivity index is 2.66. The second-order valence-electron chi connectivity index (χ2n) is 3.98. The van der Waals surface area contributed by atoms with Crippen LogP contribution in [0.25, 0.3) is 0 Å². The molecule has 0 atom stereocenters. The van der Waals surface area contributed by atoms with E-state index in [2.05, 4.69) is 0 Å². The lowest BCUT2D eigenvalue weighted by atomic mass is 10.2. The average molecular weight is 273 g/mol. The third-order valence-corrected chi connectivity index (χ3v) is 3.44. The van der Waals surface area contributed by atoms with E-state index in [-0.39, 0.29) is 5.75 Å². The van der Waals surface area contributed by atoms with Crippen molar-refractivity contribution in [3.05, 3.63) is 23.8 Å². The van der Waals surface area contributed by atoms with Crippen LogP contribution in [0, 0.1) is 0 Å². The largest absolute Gasteiger partial charge is 0.493 e. The number of hydrogen-bond donors (Lipinski definition) is 1. The van der Waals surface area contributed by atoms with Gasteiger partial charge in [0.05, 0.1) is 19.5 Å². The van der Waals surface area contributed by atoms with Crippen LogP contribution in [0.1, 0.15) is 12.0 Å². The zero-order chi connectivity index (χ0) is 13.6. The molecule has 1 aromatic carbocycles. The van der Waals surface area contributed by atoms with E-state index in [0.717, 1.165) is 5.56 Å². The second-order valence-corrected chi connectivity index (χ2v) is 6.24. The maximum atomic E-state index is 11.0. The molecule has 102 valence electrons. The first-order valence-corrected chi connectivity index (χ1v) is 7.70. The first kappa shape index (κ1) is 14.8.